The molecule has 2 N–H and O–H groups in total. The second kappa shape index (κ2) is 14.0. The minimum absolute atomic E-state index is 0.146. The molecule has 0 spiro atoms. The first-order chi connectivity index (χ1) is 15.1. The summed E-state index contributed by atoms with van der Waals surface area (Å²) in [5.74, 6) is -3.56. The fourth-order valence-electron chi connectivity index (χ4n) is 2.46. The third-order valence-electron chi connectivity index (χ3n) is 4.14. The molecular weight excluding hydrogens is 434 g/mol. The van der Waals surface area contributed by atoms with Crippen LogP contribution in [0.25, 0.3) is 10.8 Å². The molecule has 0 radical (unpaired) electrons. The number of benzene rings is 2. The number of carboxylic acids is 1. The Morgan fingerprint density at radius 1 is 0.969 bits per heavy atom. The number of hydrogen-bond acceptors (Lipinski definition) is 7. The van der Waals surface area contributed by atoms with E-state index in [0.717, 1.165) is 18.7 Å². The summed E-state index contributed by atoms with van der Waals surface area (Å²) in [6, 6.07) is 15.4. The normalized spacial score (nSPS) is 12.0. The van der Waals surface area contributed by atoms with Gasteiger partial charge in [0.2, 0.25) is 5.91 Å². The van der Waals surface area contributed by atoms with Gasteiger partial charge >= 0.3 is 11.9 Å². The summed E-state index contributed by atoms with van der Waals surface area (Å²) in [4.78, 5) is 56.0. The minimum Gasteiger partial charge on any atom is -0.481 e. The summed E-state index contributed by atoms with van der Waals surface area (Å²) in [7, 11) is 0. The molecule has 2 rings (SSSR count). The third-order valence-corrected chi connectivity index (χ3v) is 5.22. The molecule has 8 nitrogen and oxygen atoms in total. The highest BCUT2D eigenvalue weighted by molar-refractivity contribution is 8.13. The van der Waals surface area contributed by atoms with Crippen LogP contribution in [-0.2, 0) is 28.7 Å². The van der Waals surface area contributed by atoms with E-state index < -0.39 is 48.6 Å². The highest BCUT2D eigenvalue weighted by atomic mass is 32.2. The van der Waals surface area contributed by atoms with E-state index in [1.807, 2.05) is 0 Å². The SMILES string of the molecule is CC(=O)OCC(=O)C(CC(=O)O)NC(=O)C(C)CSC(C)=O.c1ccc2ccccc2c1. The Kier molecular flexibility index (Phi) is 11.7. The van der Waals surface area contributed by atoms with Crippen LogP contribution in [0.1, 0.15) is 27.2 Å². The molecule has 0 fully saturated rings. The Morgan fingerprint density at radius 3 is 1.88 bits per heavy atom. The van der Waals surface area contributed by atoms with E-state index in [-0.39, 0.29) is 10.9 Å². The molecule has 0 aliphatic heterocycles. The van der Waals surface area contributed by atoms with Gasteiger partial charge in [0.15, 0.2) is 17.5 Å². The summed E-state index contributed by atoms with van der Waals surface area (Å²) < 4.78 is 4.51. The van der Waals surface area contributed by atoms with Gasteiger partial charge in [-0.1, -0.05) is 67.2 Å². The van der Waals surface area contributed by atoms with Crippen molar-refractivity contribution >= 4 is 51.3 Å². The van der Waals surface area contributed by atoms with E-state index in [2.05, 4.69) is 58.6 Å². The summed E-state index contributed by atoms with van der Waals surface area (Å²) in [6.45, 7) is 3.42. The molecule has 2 aromatic rings. The number of esters is 1. The average molecular weight is 462 g/mol. The number of carbonyl (C=O) groups excluding carboxylic acids is 4. The number of fused-ring (bicyclic) bond motifs is 1. The van der Waals surface area contributed by atoms with Crippen molar-refractivity contribution in [2.24, 2.45) is 5.92 Å². The van der Waals surface area contributed by atoms with Gasteiger partial charge in [-0.15, -0.1) is 0 Å². The Morgan fingerprint density at radius 2 is 1.47 bits per heavy atom. The standard InChI is InChI=1S/C13H19NO7S.C10H8/c1-7(6-22-9(3)16)13(20)14-10(4-12(18)19)11(17)5-21-8(2)15;1-2-6-10-8-4-3-7-9(10)5-1/h7,10H,4-6H2,1-3H3,(H,14,20)(H,18,19);1-8H. The maximum Gasteiger partial charge on any atom is 0.305 e. The first-order valence-corrected chi connectivity index (χ1v) is 10.8. The number of carboxylic acid groups (broad SMARTS) is 1. The number of thioether (sulfide) groups is 1. The zero-order valence-electron chi connectivity index (χ0n) is 18.2. The molecule has 32 heavy (non-hydrogen) atoms. The van der Waals surface area contributed by atoms with Crippen molar-refractivity contribution in [3.8, 4) is 0 Å². The van der Waals surface area contributed by atoms with E-state index in [9.17, 15) is 24.0 Å². The topological polar surface area (TPSA) is 127 Å². The van der Waals surface area contributed by atoms with Crippen molar-refractivity contribution in [3.05, 3.63) is 48.5 Å². The minimum atomic E-state index is -1.28. The van der Waals surface area contributed by atoms with Gasteiger partial charge in [0.05, 0.1) is 6.42 Å². The van der Waals surface area contributed by atoms with E-state index in [1.54, 1.807) is 6.92 Å². The van der Waals surface area contributed by atoms with Crippen molar-refractivity contribution in [2.75, 3.05) is 12.4 Å². The van der Waals surface area contributed by atoms with E-state index in [0.29, 0.717) is 0 Å². The first-order valence-electron chi connectivity index (χ1n) is 9.85. The van der Waals surface area contributed by atoms with Gasteiger partial charge in [0.25, 0.3) is 0 Å². The molecule has 0 aromatic heterocycles. The van der Waals surface area contributed by atoms with Gasteiger partial charge in [0.1, 0.15) is 6.04 Å². The van der Waals surface area contributed by atoms with Crippen molar-refractivity contribution in [1.82, 2.24) is 5.32 Å². The number of hydrogen-bond donors (Lipinski definition) is 2. The van der Waals surface area contributed by atoms with Crippen LogP contribution in [0.5, 0.6) is 0 Å². The predicted molar refractivity (Wildman–Crippen MR) is 122 cm³/mol. The zero-order valence-corrected chi connectivity index (χ0v) is 19.0. The quantitative estimate of drug-likeness (QED) is 0.546. The third kappa shape index (κ3) is 10.7. The van der Waals surface area contributed by atoms with Gasteiger partial charge in [0, 0.05) is 25.5 Å². The molecule has 0 saturated carbocycles. The van der Waals surface area contributed by atoms with Gasteiger partial charge in [-0.05, 0) is 10.8 Å². The van der Waals surface area contributed by atoms with Crippen LogP contribution in [0, 0.1) is 5.92 Å². The molecule has 0 aliphatic rings. The van der Waals surface area contributed by atoms with Gasteiger partial charge in [-0.3, -0.25) is 24.0 Å². The number of amides is 1. The lowest BCUT2D eigenvalue weighted by atomic mass is 10.1. The number of carbonyl (C=O) groups is 5. The zero-order chi connectivity index (χ0) is 24.1. The van der Waals surface area contributed by atoms with Crippen LogP contribution >= 0.6 is 11.8 Å². The summed E-state index contributed by atoms with van der Waals surface area (Å²) >= 11 is 0.961. The van der Waals surface area contributed by atoms with E-state index >= 15 is 0 Å². The van der Waals surface area contributed by atoms with Crippen molar-refractivity contribution in [3.63, 3.8) is 0 Å². The smallest absolute Gasteiger partial charge is 0.305 e. The number of aliphatic carboxylic acids is 1. The van der Waals surface area contributed by atoms with Gasteiger partial charge in [-0.2, -0.15) is 0 Å². The summed E-state index contributed by atoms with van der Waals surface area (Å²) in [6.07, 6.45) is -0.613. The average Bonchev–Trinajstić information content (AvgIpc) is 2.75. The number of ketones is 1. The molecule has 172 valence electrons. The lowest BCUT2D eigenvalue weighted by molar-refractivity contribution is -0.147. The summed E-state index contributed by atoms with van der Waals surface area (Å²) in [5, 5.41) is 13.6. The van der Waals surface area contributed by atoms with Gasteiger partial charge in [-0.25, -0.2) is 0 Å². The second-order valence-corrected chi connectivity index (χ2v) is 8.15. The molecule has 1 amide bonds. The van der Waals surface area contributed by atoms with Crippen molar-refractivity contribution in [2.45, 2.75) is 33.2 Å². The van der Waals surface area contributed by atoms with Crippen LogP contribution < -0.4 is 5.32 Å². The van der Waals surface area contributed by atoms with Crippen LogP contribution in [-0.4, -0.2) is 52.3 Å². The van der Waals surface area contributed by atoms with Crippen molar-refractivity contribution < 1.29 is 33.8 Å². The van der Waals surface area contributed by atoms with Crippen LogP contribution in [0.3, 0.4) is 0 Å². The Hall–Kier alpha value is -3.20. The lowest BCUT2D eigenvalue weighted by Crippen LogP contribution is -2.46. The Bertz CT molecular complexity index is 895. The Balaban J connectivity index is 0.000000416. The second-order valence-electron chi connectivity index (χ2n) is 6.96. The number of ether oxygens (including phenoxy) is 1. The van der Waals surface area contributed by atoms with Crippen LogP contribution in [0.4, 0.5) is 0 Å². The number of rotatable bonds is 9. The van der Waals surface area contributed by atoms with Crippen molar-refractivity contribution in [1.29, 1.82) is 0 Å². The molecule has 0 aliphatic carbocycles. The summed E-state index contributed by atoms with van der Waals surface area (Å²) in [5.41, 5.74) is 0. The largest absolute Gasteiger partial charge is 0.481 e. The maximum atomic E-state index is 11.9. The first kappa shape index (κ1) is 26.8. The Labute approximate surface area is 190 Å². The molecule has 2 aromatic carbocycles. The molecule has 0 saturated heterocycles. The fraction of sp³-hybridized carbons (Fsp3) is 0.348. The fourth-order valence-corrected chi connectivity index (χ4v) is 3.09. The molecule has 0 bridgehead atoms. The molecule has 2 unspecified atom stereocenters. The molecular formula is C23H27NO7S. The predicted octanol–water partition coefficient (Wildman–Crippen LogP) is 2.83. The monoisotopic (exact) mass is 461 g/mol. The van der Waals surface area contributed by atoms with Gasteiger partial charge < -0.3 is 15.2 Å². The number of Topliss-reactive ketones (excluding diaryl/α,β-unsaturated/α-hetero) is 1. The highest BCUT2D eigenvalue weighted by Gasteiger charge is 2.26. The van der Waals surface area contributed by atoms with Crippen LogP contribution in [0.15, 0.2) is 48.5 Å². The lowest BCUT2D eigenvalue weighted by Gasteiger charge is -2.18. The highest BCUT2D eigenvalue weighted by Crippen LogP contribution is 2.11. The number of nitrogens with one attached hydrogen (secondary N) is 1. The molecule has 9 heteroatoms. The van der Waals surface area contributed by atoms with Crippen LogP contribution in [0.2, 0.25) is 0 Å². The van der Waals surface area contributed by atoms with E-state index in [4.69, 9.17) is 5.11 Å². The molecule has 2 atom stereocenters. The maximum absolute atomic E-state index is 11.9. The molecule has 0 heterocycles. The van der Waals surface area contributed by atoms with E-state index in [1.165, 1.54) is 17.7 Å².